The fourth-order valence-electron chi connectivity index (χ4n) is 2.47. The van der Waals surface area contributed by atoms with Crippen LogP contribution < -0.4 is 10.1 Å². The average Bonchev–Trinajstić information content (AvgIpc) is 3.15. The Kier molecular flexibility index (Phi) is 4.20. The van der Waals surface area contributed by atoms with Gasteiger partial charge in [0.25, 0.3) is 0 Å². The minimum absolute atomic E-state index is 0.443. The van der Waals surface area contributed by atoms with E-state index in [1.54, 1.807) is 12.5 Å². The van der Waals surface area contributed by atoms with Crippen molar-refractivity contribution in [2.45, 2.75) is 13.2 Å². The van der Waals surface area contributed by atoms with E-state index in [9.17, 15) is 0 Å². The summed E-state index contributed by atoms with van der Waals surface area (Å²) in [6.45, 7) is 1.06. The molecule has 0 atom stereocenters. The van der Waals surface area contributed by atoms with E-state index in [0.29, 0.717) is 18.8 Å². The number of hydrogen-bond acceptors (Lipinski definition) is 6. The van der Waals surface area contributed by atoms with Crippen molar-refractivity contribution in [3.05, 3.63) is 72.6 Å². The van der Waals surface area contributed by atoms with E-state index >= 15 is 0 Å². The molecule has 0 unspecified atom stereocenters. The Balaban J connectivity index is 1.42. The Morgan fingerprint density at radius 1 is 1.00 bits per heavy atom. The molecule has 124 valence electrons. The second kappa shape index (κ2) is 6.96. The number of aromatic nitrogens is 5. The molecule has 4 rings (SSSR count). The van der Waals surface area contributed by atoms with Crippen LogP contribution in [0.15, 0.2) is 61.3 Å². The van der Waals surface area contributed by atoms with Crippen molar-refractivity contribution in [2.75, 3.05) is 5.32 Å². The zero-order valence-electron chi connectivity index (χ0n) is 13.4. The summed E-state index contributed by atoms with van der Waals surface area (Å²) in [5.41, 5.74) is 3.42. The zero-order valence-corrected chi connectivity index (χ0v) is 13.4. The molecular weight excluding hydrogens is 316 g/mol. The number of rotatable bonds is 6. The van der Waals surface area contributed by atoms with Crippen LogP contribution in [-0.4, -0.2) is 24.9 Å². The van der Waals surface area contributed by atoms with Gasteiger partial charge >= 0.3 is 0 Å². The summed E-state index contributed by atoms with van der Waals surface area (Å²) in [5, 5.41) is 3.30. The van der Waals surface area contributed by atoms with Crippen LogP contribution >= 0.6 is 0 Å². The molecule has 25 heavy (non-hydrogen) atoms. The van der Waals surface area contributed by atoms with Gasteiger partial charge in [0.1, 0.15) is 24.2 Å². The molecular formula is C18H16N6O. The van der Waals surface area contributed by atoms with Crippen LogP contribution in [0.1, 0.15) is 11.3 Å². The highest BCUT2D eigenvalue weighted by Gasteiger charge is 2.05. The lowest BCUT2D eigenvalue weighted by Gasteiger charge is -2.09. The summed E-state index contributed by atoms with van der Waals surface area (Å²) < 4.78 is 5.81. The van der Waals surface area contributed by atoms with E-state index in [1.165, 1.54) is 6.33 Å². The third-order valence-electron chi connectivity index (χ3n) is 3.69. The largest absolute Gasteiger partial charge is 0.487 e. The van der Waals surface area contributed by atoms with Gasteiger partial charge in [0, 0.05) is 12.7 Å². The molecule has 0 radical (unpaired) electrons. The summed E-state index contributed by atoms with van der Waals surface area (Å²) >= 11 is 0. The lowest BCUT2D eigenvalue weighted by molar-refractivity contribution is 0.301. The van der Waals surface area contributed by atoms with E-state index in [4.69, 9.17) is 4.74 Å². The fourth-order valence-corrected chi connectivity index (χ4v) is 2.47. The number of fused-ring (bicyclic) bond motifs is 1. The van der Waals surface area contributed by atoms with Crippen LogP contribution in [0.5, 0.6) is 5.75 Å². The van der Waals surface area contributed by atoms with Gasteiger partial charge in [0.05, 0.1) is 12.0 Å². The molecule has 0 aliphatic rings. The molecule has 0 saturated carbocycles. The number of H-pyrrole nitrogens is 1. The smallest absolute Gasteiger partial charge is 0.182 e. The van der Waals surface area contributed by atoms with Crippen LogP contribution in [-0.2, 0) is 13.2 Å². The van der Waals surface area contributed by atoms with Crippen molar-refractivity contribution in [3.8, 4) is 5.75 Å². The zero-order chi connectivity index (χ0) is 16.9. The first-order valence-electron chi connectivity index (χ1n) is 7.88. The first-order valence-corrected chi connectivity index (χ1v) is 7.88. The Morgan fingerprint density at radius 2 is 2.00 bits per heavy atom. The van der Waals surface area contributed by atoms with Crippen LogP contribution in [0, 0.1) is 0 Å². The average molecular weight is 332 g/mol. The normalized spacial score (nSPS) is 10.7. The molecule has 7 nitrogen and oxygen atoms in total. The van der Waals surface area contributed by atoms with Crippen molar-refractivity contribution in [1.82, 2.24) is 24.9 Å². The van der Waals surface area contributed by atoms with Crippen molar-refractivity contribution in [3.63, 3.8) is 0 Å². The number of aromatic amines is 1. The molecule has 0 aliphatic carbocycles. The molecule has 0 spiro atoms. The minimum atomic E-state index is 0.443. The highest BCUT2D eigenvalue weighted by Crippen LogP contribution is 2.18. The van der Waals surface area contributed by atoms with Crippen LogP contribution in [0.4, 0.5) is 5.82 Å². The number of nitrogens with one attached hydrogen (secondary N) is 2. The van der Waals surface area contributed by atoms with Gasteiger partial charge in [-0.3, -0.25) is 4.98 Å². The summed E-state index contributed by atoms with van der Waals surface area (Å²) in [5.74, 6) is 1.53. The maximum absolute atomic E-state index is 5.81. The highest BCUT2D eigenvalue weighted by atomic mass is 16.5. The maximum atomic E-state index is 5.81. The topological polar surface area (TPSA) is 88.6 Å². The van der Waals surface area contributed by atoms with E-state index < -0.39 is 0 Å². The van der Waals surface area contributed by atoms with Gasteiger partial charge in [-0.1, -0.05) is 18.2 Å². The van der Waals surface area contributed by atoms with Gasteiger partial charge in [0.2, 0.25) is 0 Å². The van der Waals surface area contributed by atoms with Crippen molar-refractivity contribution >= 4 is 17.0 Å². The number of benzene rings is 1. The van der Waals surface area contributed by atoms with Crippen LogP contribution in [0.25, 0.3) is 11.2 Å². The lowest BCUT2D eigenvalue weighted by atomic mass is 10.2. The van der Waals surface area contributed by atoms with Gasteiger partial charge in [-0.05, 0) is 29.8 Å². The molecule has 0 fully saturated rings. The van der Waals surface area contributed by atoms with Gasteiger partial charge in [-0.15, -0.1) is 0 Å². The number of nitrogens with zero attached hydrogens (tertiary/aromatic N) is 4. The fraction of sp³-hybridized carbons (Fsp3) is 0.111. The van der Waals surface area contributed by atoms with E-state index in [1.807, 2.05) is 42.5 Å². The molecule has 4 aromatic rings. The molecule has 0 saturated heterocycles. The molecule has 1 aromatic carbocycles. The van der Waals surface area contributed by atoms with Crippen molar-refractivity contribution in [1.29, 1.82) is 0 Å². The monoisotopic (exact) mass is 332 g/mol. The Bertz CT molecular complexity index is 969. The Hall–Kier alpha value is -3.48. The molecule has 3 heterocycles. The summed E-state index contributed by atoms with van der Waals surface area (Å²) in [4.78, 5) is 19.8. The molecule has 0 amide bonds. The van der Waals surface area contributed by atoms with Gasteiger partial charge in [-0.2, -0.15) is 0 Å². The second-order valence-corrected chi connectivity index (χ2v) is 5.43. The van der Waals surface area contributed by atoms with E-state index in [2.05, 4.69) is 30.2 Å². The maximum Gasteiger partial charge on any atom is 0.182 e. The molecule has 0 aliphatic heterocycles. The van der Waals surface area contributed by atoms with E-state index in [0.717, 1.165) is 28.3 Å². The minimum Gasteiger partial charge on any atom is -0.487 e. The number of ether oxygens (including phenoxy) is 1. The molecule has 2 N–H and O–H groups in total. The number of pyridine rings is 1. The molecule has 7 heteroatoms. The predicted molar refractivity (Wildman–Crippen MR) is 94.0 cm³/mol. The van der Waals surface area contributed by atoms with Crippen LogP contribution in [0.3, 0.4) is 0 Å². The van der Waals surface area contributed by atoms with Gasteiger partial charge in [-0.25, -0.2) is 15.0 Å². The SMILES string of the molecule is c1ccc(COc2cccc(CNc3ncnc4nc[nH]c34)c2)nc1. The van der Waals surface area contributed by atoms with Gasteiger partial charge < -0.3 is 15.0 Å². The first-order chi connectivity index (χ1) is 12.4. The Labute approximate surface area is 144 Å². The third kappa shape index (κ3) is 3.55. The Morgan fingerprint density at radius 3 is 2.92 bits per heavy atom. The number of imidazole rings is 1. The van der Waals surface area contributed by atoms with Crippen molar-refractivity contribution < 1.29 is 4.74 Å². The summed E-state index contributed by atoms with van der Waals surface area (Å²) in [7, 11) is 0. The number of hydrogen-bond donors (Lipinski definition) is 2. The summed E-state index contributed by atoms with van der Waals surface area (Å²) in [6, 6.07) is 13.7. The molecule has 0 bridgehead atoms. The standard InChI is InChI=1S/C18H16N6O/c1-2-7-19-14(5-1)10-25-15-6-3-4-13(8-15)9-20-17-16-18(22-11-21-16)24-12-23-17/h1-8,11-12H,9-10H2,(H2,20,21,22,23,24). The van der Waals surface area contributed by atoms with Crippen molar-refractivity contribution in [2.24, 2.45) is 0 Å². The summed E-state index contributed by atoms with van der Waals surface area (Å²) in [6.07, 6.45) is 4.87. The van der Waals surface area contributed by atoms with Gasteiger partial charge in [0.15, 0.2) is 11.5 Å². The second-order valence-electron chi connectivity index (χ2n) is 5.43. The van der Waals surface area contributed by atoms with E-state index in [-0.39, 0.29) is 0 Å². The van der Waals surface area contributed by atoms with Crippen LogP contribution in [0.2, 0.25) is 0 Å². The quantitative estimate of drug-likeness (QED) is 0.564. The lowest BCUT2D eigenvalue weighted by Crippen LogP contribution is -2.03. The predicted octanol–water partition coefficient (Wildman–Crippen LogP) is 2.94. The molecule has 3 aromatic heterocycles. The number of anilines is 1. The highest BCUT2D eigenvalue weighted by molar-refractivity contribution is 5.81. The first kappa shape index (κ1) is 15.1. The third-order valence-corrected chi connectivity index (χ3v) is 3.69.